The third-order valence-electron chi connectivity index (χ3n) is 5.18. The van der Waals surface area contributed by atoms with E-state index in [1.54, 1.807) is 32.2 Å². The van der Waals surface area contributed by atoms with Gasteiger partial charge in [-0.1, -0.05) is 18.5 Å². The summed E-state index contributed by atoms with van der Waals surface area (Å²) >= 11 is 5.75. The maximum Gasteiger partial charge on any atom is 0.338 e. The molecule has 1 aromatic heterocycles. The van der Waals surface area contributed by atoms with Crippen LogP contribution in [-0.4, -0.2) is 35.1 Å². The van der Waals surface area contributed by atoms with Gasteiger partial charge < -0.3 is 19.8 Å². The molecular formula is C25H21ClFN3O4. The first-order valence-corrected chi connectivity index (χ1v) is 10.9. The number of fused-ring (bicyclic) bond motifs is 1. The smallest absolute Gasteiger partial charge is 0.338 e. The average Bonchev–Trinajstić information content (AvgIpc) is 3.28. The fraction of sp³-hybridized carbons (Fsp3) is 0.160. The van der Waals surface area contributed by atoms with Gasteiger partial charge in [0.25, 0.3) is 5.91 Å². The number of hydrogen-bond donors (Lipinski definition) is 2. The van der Waals surface area contributed by atoms with E-state index in [1.807, 2.05) is 24.3 Å². The molecule has 4 aromatic rings. The van der Waals surface area contributed by atoms with Crippen LogP contribution in [0, 0.1) is 5.82 Å². The normalized spacial score (nSPS) is 11.8. The maximum atomic E-state index is 13.3. The minimum Gasteiger partial charge on any atom is -0.497 e. The van der Waals surface area contributed by atoms with Crippen molar-refractivity contribution in [2.24, 2.45) is 0 Å². The number of rotatable bonds is 7. The third kappa shape index (κ3) is 5.02. The fourth-order valence-electron chi connectivity index (χ4n) is 3.34. The number of methoxy groups -OCH3 is 1. The molecular weight excluding hydrogens is 461 g/mol. The summed E-state index contributed by atoms with van der Waals surface area (Å²) in [5, 5.41) is 2.46. The van der Waals surface area contributed by atoms with Crippen molar-refractivity contribution in [3.05, 3.63) is 77.1 Å². The SMILES string of the molecule is CCC(OC(=O)c1ccc2nc(-c3ccc(OC)cc3)[nH]c2c1)C(=O)Nc1ccc(F)c(Cl)c1. The largest absolute Gasteiger partial charge is 0.497 e. The molecule has 0 saturated heterocycles. The molecule has 0 radical (unpaired) electrons. The van der Waals surface area contributed by atoms with Gasteiger partial charge in [-0.3, -0.25) is 4.79 Å². The van der Waals surface area contributed by atoms with Crippen LogP contribution < -0.4 is 10.1 Å². The number of nitrogens with one attached hydrogen (secondary N) is 2. The quantitative estimate of drug-likeness (QED) is 0.335. The number of carbonyl (C=O) groups excluding carboxylic acids is 2. The standard InChI is InChI=1S/C25H21ClFN3O4/c1-3-22(24(31)28-16-7-10-19(27)18(26)13-16)34-25(32)15-6-11-20-21(12-15)30-23(29-20)14-4-8-17(33-2)9-5-14/h4-13,22H,3H2,1-2H3,(H,28,31)(H,29,30). The first-order chi connectivity index (χ1) is 16.4. The number of halogens is 2. The molecule has 0 aliphatic rings. The molecule has 0 spiro atoms. The van der Waals surface area contributed by atoms with Crippen LogP contribution in [0.2, 0.25) is 5.02 Å². The molecule has 9 heteroatoms. The summed E-state index contributed by atoms with van der Waals surface area (Å²) in [4.78, 5) is 33.1. The zero-order valence-corrected chi connectivity index (χ0v) is 19.2. The Kier molecular flexibility index (Phi) is 6.79. The molecule has 4 rings (SSSR count). The van der Waals surface area contributed by atoms with Crippen LogP contribution >= 0.6 is 11.6 Å². The van der Waals surface area contributed by atoms with E-state index >= 15 is 0 Å². The maximum absolute atomic E-state index is 13.3. The van der Waals surface area contributed by atoms with Crippen LogP contribution in [-0.2, 0) is 9.53 Å². The Morgan fingerprint density at radius 1 is 1.12 bits per heavy atom. The lowest BCUT2D eigenvalue weighted by Crippen LogP contribution is -2.32. The second-order valence-corrected chi connectivity index (χ2v) is 7.87. The van der Waals surface area contributed by atoms with Gasteiger partial charge in [0.2, 0.25) is 0 Å². The van der Waals surface area contributed by atoms with Crippen LogP contribution in [0.25, 0.3) is 22.4 Å². The molecule has 2 N–H and O–H groups in total. The summed E-state index contributed by atoms with van der Waals surface area (Å²) in [6, 6.07) is 16.2. The summed E-state index contributed by atoms with van der Waals surface area (Å²) in [6.07, 6.45) is -0.788. The number of esters is 1. The van der Waals surface area contributed by atoms with Crippen LogP contribution in [0.5, 0.6) is 5.75 Å². The molecule has 1 unspecified atom stereocenters. The topological polar surface area (TPSA) is 93.3 Å². The molecule has 1 heterocycles. The predicted octanol–water partition coefficient (Wildman–Crippen LogP) is 5.61. The zero-order chi connectivity index (χ0) is 24.2. The van der Waals surface area contributed by atoms with E-state index in [0.29, 0.717) is 22.5 Å². The van der Waals surface area contributed by atoms with Gasteiger partial charge in [0.1, 0.15) is 17.4 Å². The lowest BCUT2D eigenvalue weighted by molar-refractivity contribution is -0.124. The molecule has 34 heavy (non-hydrogen) atoms. The van der Waals surface area contributed by atoms with E-state index in [9.17, 15) is 14.0 Å². The summed E-state index contributed by atoms with van der Waals surface area (Å²) in [6.45, 7) is 1.72. The first-order valence-electron chi connectivity index (χ1n) is 10.5. The minimum absolute atomic E-state index is 0.121. The van der Waals surface area contributed by atoms with Crippen molar-refractivity contribution in [2.45, 2.75) is 19.4 Å². The van der Waals surface area contributed by atoms with Crippen molar-refractivity contribution in [3.8, 4) is 17.1 Å². The minimum atomic E-state index is -1.04. The van der Waals surface area contributed by atoms with Crippen molar-refractivity contribution >= 4 is 40.2 Å². The summed E-state index contributed by atoms with van der Waals surface area (Å²) in [5.74, 6) is -0.402. The molecule has 174 valence electrons. The number of imidazole rings is 1. The molecule has 1 atom stereocenters. The Balaban J connectivity index is 1.48. The van der Waals surface area contributed by atoms with Crippen LogP contribution in [0.3, 0.4) is 0 Å². The van der Waals surface area contributed by atoms with Gasteiger partial charge in [0.05, 0.1) is 28.7 Å². The highest BCUT2D eigenvalue weighted by Crippen LogP contribution is 2.24. The van der Waals surface area contributed by atoms with Crippen molar-refractivity contribution in [2.75, 3.05) is 12.4 Å². The number of hydrogen-bond acceptors (Lipinski definition) is 5. The van der Waals surface area contributed by atoms with E-state index in [-0.39, 0.29) is 17.0 Å². The van der Waals surface area contributed by atoms with E-state index in [2.05, 4.69) is 15.3 Å². The van der Waals surface area contributed by atoms with Crippen molar-refractivity contribution in [1.82, 2.24) is 9.97 Å². The molecule has 0 bridgehead atoms. The Morgan fingerprint density at radius 2 is 1.88 bits per heavy atom. The van der Waals surface area contributed by atoms with E-state index in [0.717, 1.165) is 17.4 Å². The van der Waals surface area contributed by atoms with Gasteiger partial charge in [-0.15, -0.1) is 0 Å². The Hall–Kier alpha value is -3.91. The number of carbonyl (C=O) groups is 2. The lowest BCUT2D eigenvalue weighted by Gasteiger charge is -2.16. The second kappa shape index (κ2) is 9.93. The van der Waals surface area contributed by atoms with Crippen LogP contribution in [0.15, 0.2) is 60.7 Å². The second-order valence-electron chi connectivity index (χ2n) is 7.47. The highest BCUT2D eigenvalue weighted by Gasteiger charge is 2.23. The van der Waals surface area contributed by atoms with Crippen molar-refractivity contribution in [3.63, 3.8) is 0 Å². The third-order valence-corrected chi connectivity index (χ3v) is 5.47. The molecule has 0 aliphatic carbocycles. The summed E-state index contributed by atoms with van der Waals surface area (Å²) in [7, 11) is 1.60. The Bertz CT molecular complexity index is 1350. The molecule has 0 saturated carbocycles. The van der Waals surface area contributed by atoms with Gasteiger partial charge in [0.15, 0.2) is 6.10 Å². The van der Waals surface area contributed by atoms with Crippen LogP contribution in [0.1, 0.15) is 23.7 Å². The number of aromatic nitrogens is 2. The van der Waals surface area contributed by atoms with E-state index in [4.69, 9.17) is 21.1 Å². The fourth-order valence-corrected chi connectivity index (χ4v) is 3.52. The van der Waals surface area contributed by atoms with E-state index in [1.165, 1.54) is 12.1 Å². The summed E-state index contributed by atoms with van der Waals surface area (Å²) < 4.78 is 23.9. The predicted molar refractivity (Wildman–Crippen MR) is 128 cm³/mol. The van der Waals surface area contributed by atoms with E-state index < -0.39 is 23.8 Å². The lowest BCUT2D eigenvalue weighted by atomic mass is 10.2. The zero-order valence-electron chi connectivity index (χ0n) is 18.4. The Morgan fingerprint density at radius 3 is 2.56 bits per heavy atom. The Labute approximate surface area is 199 Å². The first kappa shape index (κ1) is 23.3. The van der Waals surface area contributed by atoms with Gasteiger partial charge in [-0.25, -0.2) is 14.2 Å². The van der Waals surface area contributed by atoms with Crippen molar-refractivity contribution in [1.29, 1.82) is 0 Å². The van der Waals surface area contributed by atoms with Crippen molar-refractivity contribution < 1.29 is 23.5 Å². The van der Waals surface area contributed by atoms with Gasteiger partial charge in [-0.05, 0) is 67.1 Å². The summed E-state index contributed by atoms with van der Waals surface area (Å²) in [5.41, 5.74) is 2.77. The van der Waals surface area contributed by atoms with Crippen LogP contribution in [0.4, 0.5) is 10.1 Å². The number of nitrogens with zero attached hydrogens (tertiary/aromatic N) is 1. The van der Waals surface area contributed by atoms with Gasteiger partial charge in [0, 0.05) is 11.3 Å². The number of ether oxygens (including phenoxy) is 2. The molecule has 7 nitrogen and oxygen atoms in total. The molecule has 0 aliphatic heterocycles. The molecule has 3 aromatic carbocycles. The number of H-pyrrole nitrogens is 1. The van der Waals surface area contributed by atoms with Gasteiger partial charge >= 0.3 is 5.97 Å². The number of anilines is 1. The number of aromatic amines is 1. The highest BCUT2D eigenvalue weighted by atomic mass is 35.5. The number of benzene rings is 3. The molecule has 0 fully saturated rings. The average molecular weight is 482 g/mol. The molecule has 1 amide bonds. The number of amides is 1. The monoisotopic (exact) mass is 481 g/mol. The highest BCUT2D eigenvalue weighted by molar-refractivity contribution is 6.31. The van der Waals surface area contributed by atoms with Gasteiger partial charge in [-0.2, -0.15) is 0 Å².